The molecule has 0 aromatic carbocycles. The maximum Gasteiger partial charge on any atom is 0.433 e. The Morgan fingerprint density at radius 1 is 1.41 bits per heavy atom. The van der Waals surface area contributed by atoms with Gasteiger partial charge in [-0.05, 0) is 18.9 Å². The first-order valence-electron chi connectivity index (χ1n) is 6.82. The lowest BCUT2D eigenvalue weighted by Gasteiger charge is -2.08. The molecule has 3 rings (SSSR count). The molecule has 1 fully saturated rings. The highest BCUT2D eigenvalue weighted by atomic mass is 19.4. The number of ether oxygens (including phenoxy) is 1. The monoisotopic (exact) mass is 313 g/mol. The summed E-state index contributed by atoms with van der Waals surface area (Å²) in [4.78, 5) is 7.22. The summed E-state index contributed by atoms with van der Waals surface area (Å²) in [6.07, 6.45) is 1.92. The number of hydrogen-bond acceptors (Lipinski definition) is 5. The summed E-state index contributed by atoms with van der Waals surface area (Å²) in [6.45, 7) is 1.38. The second kappa shape index (κ2) is 5.91. The predicted octanol–water partition coefficient (Wildman–Crippen LogP) is 2.61. The van der Waals surface area contributed by atoms with Crippen molar-refractivity contribution in [3.8, 4) is 0 Å². The molecule has 22 heavy (non-hydrogen) atoms. The van der Waals surface area contributed by atoms with Crippen molar-refractivity contribution in [2.75, 3.05) is 11.9 Å². The molecule has 1 saturated heterocycles. The largest absolute Gasteiger partial charge is 0.433 e. The fourth-order valence-electron chi connectivity index (χ4n) is 2.23. The molecule has 6 nitrogen and oxygen atoms in total. The van der Waals surface area contributed by atoms with E-state index in [-0.39, 0.29) is 12.1 Å². The number of nitrogens with zero attached hydrogens (tertiary/aromatic N) is 4. The second-order valence-corrected chi connectivity index (χ2v) is 4.97. The molecule has 0 unspecified atom stereocenters. The Morgan fingerprint density at radius 3 is 3.00 bits per heavy atom. The van der Waals surface area contributed by atoms with E-state index in [0.717, 1.165) is 31.7 Å². The number of anilines is 2. The average molecular weight is 313 g/mol. The number of rotatable bonds is 4. The van der Waals surface area contributed by atoms with Crippen LogP contribution in [0.5, 0.6) is 0 Å². The molecule has 2 aromatic heterocycles. The van der Waals surface area contributed by atoms with E-state index in [1.165, 1.54) is 6.20 Å². The minimum absolute atomic E-state index is 0.119. The summed E-state index contributed by atoms with van der Waals surface area (Å²) in [6, 6.07) is 0.825. The van der Waals surface area contributed by atoms with Crippen LogP contribution in [0.3, 0.4) is 0 Å². The third kappa shape index (κ3) is 3.53. The minimum Gasteiger partial charge on any atom is -0.376 e. The van der Waals surface area contributed by atoms with Crippen LogP contribution in [0.25, 0.3) is 0 Å². The maximum absolute atomic E-state index is 12.6. The van der Waals surface area contributed by atoms with Crippen LogP contribution in [0, 0.1) is 0 Å². The SMILES string of the molecule is FC(F)(F)c1ccnc(Nc2cnn(C[C@@H]3CCCO3)c2)n1. The summed E-state index contributed by atoms with van der Waals surface area (Å²) in [7, 11) is 0. The third-order valence-electron chi connectivity index (χ3n) is 3.25. The molecule has 0 radical (unpaired) electrons. The van der Waals surface area contributed by atoms with Crippen molar-refractivity contribution >= 4 is 11.6 Å². The van der Waals surface area contributed by atoms with E-state index in [9.17, 15) is 13.2 Å². The normalized spacial score (nSPS) is 18.6. The zero-order valence-electron chi connectivity index (χ0n) is 11.5. The molecular weight excluding hydrogens is 299 g/mol. The van der Waals surface area contributed by atoms with Crippen molar-refractivity contribution in [3.63, 3.8) is 0 Å². The Kier molecular flexibility index (Phi) is 3.97. The van der Waals surface area contributed by atoms with Gasteiger partial charge in [0.25, 0.3) is 0 Å². The van der Waals surface area contributed by atoms with Crippen LogP contribution >= 0.6 is 0 Å². The lowest BCUT2D eigenvalue weighted by atomic mass is 10.2. The van der Waals surface area contributed by atoms with Gasteiger partial charge in [0.2, 0.25) is 5.95 Å². The third-order valence-corrected chi connectivity index (χ3v) is 3.25. The van der Waals surface area contributed by atoms with E-state index in [4.69, 9.17) is 4.74 Å². The fraction of sp³-hybridized carbons (Fsp3) is 0.462. The molecule has 3 heterocycles. The van der Waals surface area contributed by atoms with E-state index in [1.54, 1.807) is 10.9 Å². The van der Waals surface area contributed by atoms with Crippen LogP contribution in [0.4, 0.5) is 24.8 Å². The summed E-state index contributed by atoms with van der Waals surface area (Å²) in [5, 5.41) is 6.86. The van der Waals surface area contributed by atoms with Crippen LogP contribution < -0.4 is 5.32 Å². The molecule has 118 valence electrons. The van der Waals surface area contributed by atoms with Crippen molar-refractivity contribution in [1.29, 1.82) is 0 Å². The quantitative estimate of drug-likeness (QED) is 0.940. The lowest BCUT2D eigenvalue weighted by Crippen LogP contribution is -2.15. The van der Waals surface area contributed by atoms with Crippen molar-refractivity contribution in [2.45, 2.75) is 31.7 Å². The van der Waals surface area contributed by atoms with Gasteiger partial charge in [-0.25, -0.2) is 9.97 Å². The summed E-state index contributed by atoms with van der Waals surface area (Å²) in [5.41, 5.74) is -0.464. The van der Waals surface area contributed by atoms with Gasteiger partial charge in [0.1, 0.15) is 5.69 Å². The van der Waals surface area contributed by atoms with E-state index in [2.05, 4.69) is 20.4 Å². The number of halogens is 3. The van der Waals surface area contributed by atoms with Gasteiger partial charge >= 0.3 is 6.18 Å². The molecule has 0 spiro atoms. The van der Waals surface area contributed by atoms with Gasteiger partial charge in [-0.15, -0.1) is 0 Å². The molecule has 9 heteroatoms. The standard InChI is InChI=1S/C13H14F3N5O/c14-13(15,16)11-3-4-17-12(20-11)19-9-6-18-21(7-9)8-10-2-1-5-22-10/h3-4,6-7,10H,1-2,5,8H2,(H,17,19,20)/t10-/m0/s1. The van der Waals surface area contributed by atoms with Crippen LogP contribution in [0.15, 0.2) is 24.7 Å². The molecule has 1 aliphatic rings. The summed E-state index contributed by atoms with van der Waals surface area (Å²) >= 11 is 0. The number of aromatic nitrogens is 4. The lowest BCUT2D eigenvalue weighted by molar-refractivity contribution is -0.141. The van der Waals surface area contributed by atoms with Gasteiger partial charge in [-0.1, -0.05) is 0 Å². The summed E-state index contributed by atoms with van der Waals surface area (Å²) in [5.74, 6) is -0.119. The smallest absolute Gasteiger partial charge is 0.376 e. The molecule has 0 bridgehead atoms. The van der Waals surface area contributed by atoms with Crippen LogP contribution in [-0.2, 0) is 17.5 Å². The van der Waals surface area contributed by atoms with E-state index in [0.29, 0.717) is 12.2 Å². The van der Waals surface area contributed by atoms with Crippen LogP contribution in [0.2, 0.25) is 0 Å². The molecule has 1 atom stereocenters. The zero-order valence-corrected chi connectivity index (χ0v) is 11.5. The highest BCUT2D eigenvalue weighted by molar-refractivity contribution is 5.50. The van der Waals surface area contributed by atoms with E-state index >= 15 is 0 Å². The molecule has 0 saturated carbocycles. The Morgan fingerprint density at radius 2 is 2.27 bits per heavy atom. The van der Waals surface area contributed by atoms with Crippen LogP contribution in [0.1, 0.15) is 18.5 Å². The van der Waals surface area contributed by atoms with Gasteiger partial charge in [-0.3, -0.25) is 4.68 Å². The predicted molar refractivity (Wildman–Crippen MR) is 71.5 cm³/mol. The summed E-state index contributed by atoms with van der Waals surface area (Å²) < 4.78 is 45.0. The van der Waals surface area contributed by atoms with Crippen molar-refractivity contribution in [1.82, 2.24) is 19.7 Å². The highest BCUT2D eigenvalue weighted by Crippen LogP contribution is 2.28. The minimum atomic E-state index is -4.50. The molecule has 0 aliphatic carbocycles. The van der Waals surface area contributed by atoms with Gasteiger partial charge in [0.05, 0.1) is 24.5 Å². The van der Waals surface area contributed by atoms with Crippen molar-refractivity contribution in [3.05, 3.63) is 30.4 Å². The molecule has 1 N–H and O–H groups in total. The highest BCUT2D eigenvalue weighted by Gasteiger charge is 2.32. The zero-order chi connectivity index (χ0) is 15.6. The fourth-order valence-corrected chi connectivity index (χ4v) is 2.23. The number of alkyl halides is 3. The van der Waals surface area contributed by atoms with E-state index < -0.39 is 11.9 Å². The molecule has 0 amide bonds. The Hall–Kier alpha value is -2.16. The average Bonchev–Trinajstić information content (AvgIpc) is 3.11. The van der Waals surface area contributed by atoms with Crippen molar-refractivity contribution in [2.24, 2.45) is 0 Å². The van der Waals surface area contributed by atoms with E-state index in [1.807, 2.05) is 0 Å². The number of hydrogen-bond donors (Lipinski definition) is 1. The van der Waals surface area contributed by atoms with Crippen LogP contribution in [-0.4, -0.2) is 32.5 Å². The topological polar surface area (TPSA) is 64.9 Å². The van der Waals surface area contributed by atoms with Crippen molar-refractivity contribution < 1.29 is 17.9 Å². The van der Waals surface area contributed by atoms with Gasteiger partial charge in [0.15, 0.2) is 0 Å². The number of nitrogens with one attached hydrogen (secondary N) is 1. The Labute approximate surface area is 124 Å². The Balaban J connectivity index is 1.67. The second-order valence-electron chi connectivity index (χ2n) is 4.97. The molecule has 2 aromatic rings. The maximum atomic E-state index is 12.6. The Bertz CT molecular complexity index is 637. The van der Waals surface area contributed by atoms with Gasteiger partial charge < -0.3 is 10.1 Å². The first kappa shape index (κ1) is 14.8. The molecule has 1 aliphatic heterocycles. The van der Waals surface area contributed by atoms with Gasteiger partial charge in [-0.2, -0.15) is 18.3 Å². The molecular formula is C13H14F3N5O. The first-order chi connectivity index (χ1) is 10.5. The first-order valence-corrected chi connectivity index (χ1v) is 6.82. The van der Waals surface area contributed by atoms with Gasteiger partial charge in [0, 0.05) is 19.0 Å².